The number of rotatable bonds is 1. The fourth-order valence-corrected chi connectivity index (χ4v) is 2.46. The smallest absolute Gasteiger partial charge is 0.379 e. The lowest BCUT2D eigenvalue weighted by molar-refractivity contribution is -0.253. The molecule has 1 aliphatic rings. The van der Waals surface area contributed by atoms with Gasteiger partial charge >= 0.3 is 6.18 Å². The molecule has 1 N–H and O–H groups in total. The second kappa shape index (κ2) is 5.08. The van der Waals surface area contributed by atoms with Crippen molar-refractivity contribution < 1.29 is 23.1 Å². The van der Waals surface area contributed by atoms with Gasteiger partial charge in [-0.2, -0.15) is 18.3 Å². The van der Waals surface area contributed by atoms with Crippen molar-refractivity contribution in [3.05, 3.63) is 27.2 Å². The molecule has 1 atom stereocenters. The summed E-state index contributed by atoms with van der Waals surface area (Å²) in [7, 11) is 1.36. The van der Waals surface area contributed by atoms with Crippen LogP contribution in [0, 0.1) is 13.8 Å². The van der Waals surface area contributed by atoms with Gasteiger partial charge in [0, 0.05) is 20.0 Å². The molecule has 0 aliphatic carbocycles. The molecule has 1 aliphatic heterocycles. The number of carbonyl (C=O) groups excluding carboxylic acids is 1. The van der Waals surface area contributed by atoms with E-state index in [0.29, 0.717) is 11.3 Å². The fourth-order valence-electron chi connectivity index (χ4n) is 2.46. The normalized spacial score (nSPS) is 22.2. The van der Waals surface area contributed by atoms with E-state index in [2.05, 4.69) is 5.10 Å². The number of hydrogen-bond acceptors (Lipinski definition) is 4. The van der Waals surface area contributed by atoms with E-state index in [1.165, 1.54) is 14.0 Å². The molecule has 0 aromatic carbocycles. The van der Waals surface area contributed by atoms with Crippen LogP contribution in [0.5, 0.6) is 0 Å². The number of likely N-dealkylation sites (tertiary alicyclic amines) is 1. The van der Waals surface area contributed by atoms with Crippen LogP contribution in [0.15, 0.2) is 4.79 Å². The highest BCUT2D eigenvalue weighted by Gasteiger charge is 2.58. The van der Waals surface area contributed by atoms with Crippen LogP contribution >= 0.6 is 0 Å². The Morgan fingerprint density at radius 3 is 2.45 bits per heavy atom. The maximum absolute atomic E-state index is 12.8. The van der Waals surface area contributed by atoms with Crippen LogP contribution in [-0.2, 0) is 7.05 Å². The van der Waals surface area contributed by atoms with Crippen molar-refractivity contribution >= 4 is 5.91 Å². The summed E-state index contributed by atoms with van der Waals surface area (Å²) < 4.78 is 39.4. The largest absolute Gasteiger partial charge is 0.419 e. The van der Waals surface area contributed by atoms with Gasteiger partial charge < -0.3 is 10.0 Å². The van der Waals surface area contributed by atoms with Crippen LogP contribution in [0.1, 0.15) is 28.0 Å². The van der Waals surface area contributed by atoms with Gasteiger partial charge in [0.25, 0.3) is 11.5 Å². The number of amides is 1. The van der Waals surface area contributed by atoms with E-state index in [9.17, 15) is 27.9 Å². The zero-order valence-electron chi connectivity index (χ0n) is 12.4. The molecule has 0 spiro atoms. The van der Waals surface area contributed by atoms with Gasteiger partial charge in [-0.1, -0.05) is 0 Å². The summed E-state index contributed by atoms with van der Waals surface area (Å²) >= 11 is 0. The number of halogens is 3. The number of aliphatic hydroxyl groups is 1. The summed E-state index contributed by atoms with van der Waals surface area (Å²) in [4.78, 5) is 25.3. The summed E-state index contributed by atoms with van der Waals surface area (Å²) in [5.41, 5.74) is -3.03. The Morgan fingerprint density at radius 1 is 1.36 bits per heavy atom. The van der Waals surface area contributed by atoms with E-state index in [0.717, 1.165) is 9.58 Å². The molecule has 0 bridgehead atoms. The van der Waals surface area contributed by atoms with Gasteiger partial charge in [0.05, 0.1) is 12.2 Å². The molecule has 1 saturated heterocycles. The molecule has 0 radical (unpaired) electrons. The third-order valence-electron chi connectivity index (χ3n) is 4.00. The van der Waals surface area contributed by atoms with Crippen molar-refractivity contribution in [3.8, 4) is 0 Å². The number of nitrogens with zero attached hydrogens (tertiary/aromatic N) is 3. The first-order chi connectivity index (χ1) is 9.98. The number of aromatic nitrogens is 2. The SMILES string of the molecule is Cc1nn(C)c(=O)c(C(=O)N2CCC(O)(C(F)(F)F)C2)c1C. The lowest BCUT2D eigenvalue weighted by atomic mass is 10.0. The highest BCUT2D eigenvalue weighted by molar-refractivity contribution is 5.95. The van der Waals surface area contributed by atoms with Gasteiger partial charge in [0.15, 0.2) is 5.60 Å². The topological polar surface area (TPSA) is 75.4 Å². The molecule has 1 fully saturated rings. The Morgan fingerprint density at radius 2 is 1.95 bits per heavy atom. The second-order valence-electron chi connectivity index (χ2n) is 5.52. The van der Waals surface area contributed by atoms with E-state index >= 15 is 0 Å². The Bertz CT molecular complexity index is 684. The minimum Gasteiger partial charge on any atom is -0.379 e. The second-order valence-corrected chi connectivity index (χ2v) is 5.52. The molecule has 1 unspecified atom stereocenters. The predicted molar refractivity (Wildman–Crippen MR) is 70.5 cm³/mol. The summed E-state index contributed by atoms with van der Waals surface area (Å²) in [6.07, 6.45) is -5.43. The maximum atomic E-state index is 12.8. The number of alkyl halides is 3. The molecule has 2 heterocycles. The molecule has 122 valence electrons. The van der Waals surface area contributed by atoms with Gasteiger partial charge in [-0.05, 0) is 19.4 Å². The van der Waals surface area contributed by atoms with Crippen LogP contribution in [-0.4, -0.2) is 50.6 Å². The average molecular weight is 319 g/mol. The summed E-state index contributed by atoms with van der Waals surface area (Å²) in [6, 6.07) is 0. The molecule has 1 aromatic heterocycles. The quantitative estimate of drug-likeness (QED) is 0.820. The van der Waals surface area contributed by atoms with Gasteiger partial charge in [0.2, 0.25) is 0 Å². The first-order valence-corrected chi connectivity index (χ1v) is 6.61. The standard InChI is InChI=1S/C13H16F3N3O3/c1-7-8(2)17-18(3)10(20)9(7)11(21)19-5-4-12(22,6-19)13(14,15)16/h22H,4-6H2,1-3H3. The van der Waals surface area contributed by atoms with Crippen molar-refractivity contribution in [2.75, 3.05) is 13.1 Å². The Hall–Kier alpha value is -1.90. The van der Waals surface area contributed by atoms with Gasteiger partial charge in [0.1, 0.15) is 5.56 Å². The molecule has 22 heavy (non-hydrogen) atoms. The van der Waals surface area contributed by atoms with Gasteiger partial charge in [-0.25, -0.2) is 4.68 Å². The Kier molecular flexibility index (Phi) is 3.80. The zero-order chi connectivity index (χ0) is 16.9. The lowest BCUT2D eigenvalue weighted by Crippen LogP contribution is -2.48. The predicted octanol–water partition coefficient (Wildman–Crippen LogP) is 0.536. The monoisotopic (exact) mass is 319 g/mol. The van der Waals surface area contributed by atoms with E-state index in [4.69, 9.17) is 0 Å². The molecular weight excluding hydrogens is 303 g/mol. The Balaban J connectivity index is 2.38. The van der Waals surface area contributed by atoms with E-state index in [1.807, 2.05) is 0 Å². The van der Waals surface area contributed by atoms with Crippen molar-refractivity contribution in [1.29, 1.82) is 0 Å². The molecule has 6 nitrogen and oxygen atoms in total. The third kappa shape index (κ3) is 2.49. The lowest BCUT2D eigenvalue weighted by Gasteiger charge is -2.26. The van der Waals surface area contributed by atoms with Gasteiger partial charge in [-0.15, -0.1) is 0 Å². The molecule has 9 heteroatoms. The molecular formula is C13H16F3N3O3. The fraction of sp³-hybridized carbons (Fsp3) is 0.615. The zero-order valence-corrected chi connectivity index (χ0v) is 12.4. The molecule has 2 rings (SSSR count). The van der Waals surface area contributed by atoms with Crippen LogP contribution in [0.25, 0.3) is 0 Å². The van der Waals surface area contributed by atoms with Crippen LogP contribution in [0.3, 0.4) is 0 Å². The van der Waals surface area contributed by atoms with Crippen molar-refractivity contribution in [2.45, 2.75) is 32.0 Å². The summed E-state index contributed by atoms with van der Waals surface area (Å²) in [6.45, 7) is 1.97. The van der Waals surface area contributed by atoms with E-state index in [-0.39, 0.29) is 12.1 Å². The highest BCUT2D eigenvalue weighted by atomic mass is 19.4. The van der Waals surface area contributed by atoms with Crippen LogP contribution in [0.2, 0.25) is 0 Å². The van der Waals surface area contributed by atoms with Crippen LogP contribution < -0.4 is 5.56 Å². The molecule has 0 saturated carbocycles. The number of carbonyl (C=O) groups is 1. The van der Waals surface area contributed by atoms with E-state index in [1.54, 1.807) is 6.92 Å². The van der Waals surface area contributed by atoms with E-state index < -0.39 is 36.2 Å². The third-order valence-corrected chi connectivity index (χ3v) is 4.00. The van der Waals surface area contributed by atoms with Crippen molar-refractivity contribution in [1.82, 2.24) is 14.7 Å². The first kappa shape index (κ1) is 16.5. The van der Waals surface area contributed by atoms with Crippen molar-refractivity contribution in [2.24, 2.45) is 7.05 Å². The molecule has 1 amide bonds. The number of β-amino-alcohol motifs (C(OH)–C–C–N with tert-alkyl or cyclic N) is 1. The minimum absolute atomic E-state index is 0.207. The summed E-state index contributed by atoms with van der Waals surface area (Å²) in [5, 5.41) is 13.5. The number of aryl methyl sites for hydroxylation is 2. The number of hydrogen-bond donors (Lipinski definition) is 1. The highest BCUT2D eigenvalue weighted by Crippen LogP contribution is 2.37. The average Bonchev–Trinajstić information content (AvgIpc) is 2.80. The minimum atomic E-state index is -4.82. The first-order valence-electron chi connectivity index (χ1n) is 6.61. The van der Waals surface area contributed by atoms with Gasteiger partial charge in [-0.3, -0.25) is 9.59 Å². The molecule has 1 aromatic rings. The van der Waals surface area contributed by atoms with Crippen LogP contribution in [0.4, 0.5) is 13.2 Å². The van der Waals surface area contributed by atoms with Crippen molar-refractivity contribution in [3.63, 3.8) is 0 Å². The summed E-state index contributed by atoms with van der Waals surface area (Å²) in [5.74, 6) is -0.816. The maximum Gasteiger partial charge on any atom is 0.419 e. The Labute approximate surface area is 124 Å².